The number of benzene rings is 1. The van der Waals surface area contributed by atoms with Gasteiger partial charge in [-0.2, -0.15) is 0 Å². The average Bonchev–Trinajstić information content (AvgIpc) is 2.28. The monoisotopic (exact) mass is 230 g/mol. The van der Waals surface area contributed by atoms with E-state index >= 15 is 0 Å². The van der Waals surface area contributed by atoms with E-state index in [4.69, 9.17) is 5.73 Å². The smallest absolute Gasteiger partial charge is 0.0705 e. The summed E-state index contributed by atoms with van der Waals surface area (Å²) in [4.78, 5) is 4.54. The lowest BCUT2D eigenvalue weighted by atomic mass is 9.96. The molecule has 0 aliphatic carbocycles. The van der Waals surface area contributed by atoms with Crippen LogP contribution in [0, 0.1) is 0 Å². The maximum atomic E-state index is 10.1. The highest BCUT2D eigenvalue weighted by atomic mass is 16.3. The molecule has 0 spiro atoms. The number of nitrogens with zero attached hydrogens (tertiary/aromatic N) is 1. The lowest BCUT2D eigenvalue weighted by Crippen LogP contribution is -2.30. The molecule has 0 aliphatic rings. The number of pyridine rings is 1. The van der Waals surface area contributed by atoms with Crippen LogP contribution >= 0.6 is 0 Å². The van der Waals surface area contributed by atoms with Crippen LogP contribution in [-0.4, -0.2) is 22.2 Å². The fourth-order valence-electron chi connectivity index (χ4n) is 2.00. The van der Waals surface area contributed by atoms with Crippen LogP contribution in [0.5, 0.6) is 0 Å². The van der Waals surface area contributed by atoms with E-state index < -0.39 is 5.60 Å². The van der Waals surface area contributed by atoms with E-state index in [0.29, 0.717) is 19.4 Å². The first-order chi connectivity index (χ1) is 8.11. The van der Waals surface area contributed by atoms with Gasteiger partial charge in [-0.25, -0.2) is 0 Å². The first kappa shape index (κ1) is 12.0. The Morgan fingerprint density at radius 2 is 2.00 bits per heavy atom. The van der Waals surface area contributed by atoms with Crippen LogP contribution in [0.1, 0.15) is 19.0 Å². The Morgan fingerprint density at radius 1 is 1.24 bits per heavy atom. The predicted octanol–water partition coefficient (Wildman–Crippen LogP) is 1.88. The van der Waals surface area contributed by atoms with E-state index in [1.165, 1.54) is 0 Å². The van der Waals surface area contributed by atoms with E-state index in [9.17, 15) is 5.11 Å². The van der Waals surface area contributed by atoms with Crippen LogP contribution in [0.2, 0.25) is 0 Å². The Labute approximate surface area is 101 Å². The van der Waals surface area contributed by atoms with Crippen molar-refractivity contribution in [3.63, 3.8) is 0 Å². The first-order valence-electron chi connectivity index (χ1n) is 5.88. The molecule has 2 rings (SSSR count). The molecule has 0 saturated carbocycles. The number of para-hydroxylation sites is 1. The summed E-state index contributed by atoms with van der Waals surface area (Å²) >= 11 is 0. The standard InChI is InChI=1S/C14H18N2O/c1-14(17,8-9-15)10-12-7-6-11-4-2-3-5-13(11)16-12/h2-7,17H,8-10,15H2,1H3. The number of aliphatic hydroxyl groups is 1. The highest BCUT2D eigenvalue weighted by Crippen LogP contribution is 2.18. The van der Waals surface area contributed by atoms with Gasteiger partial charge >= 0.3 is 0 Å². The van der Waals surface area contributed by atoms with Crippen molar-refractivity contribution in [2.24, 2.45) is 5.73 Å². The van der Waals surface area contributed by atoms with E-state index in [-0.39, 0.29) is 0 Å². The zero-order chi connectivity index (χ0) is 12.3. The summed E-state index contributed by atoms with van der Waals surface area (Å²) in [6.45, 7) is 2.29. The molecule has 0 radical (unpaired) electrons. The molecule has 0 saturated heterocycles. The van der Waals surface area contributed by atoms with Crippen molar-refractivity contribution in [1.82, 2.24) is 4.98 Å². The lowest BCUT2D eigenvalue weighted by molar-refractivity contribution is 0.0530. The summed E-state index contributed by atoms with van der Waals surface area (Å²) in [5.41, 5.74) is 6.58. The number of fused-ring (bicyclic) bond motifs is 1. The molecule has 2 aromatic rings. The van der Waals surface area contributed by atoms with Crippen LogP contribution in [0.15, 0.2) is 36.4 Å². The Morgan fingerprint density at radius 3 is 2.76 bits per heavy atom. The summed E-state index contributed by atoms with van der Waals surface area (Å²) in [6.07, 6.45) is 1.12. The zero-order valence-corrected chi connectivity index (χ0v) is 10.1. The van der Waals surface area contributed by atoms with Gasteiger partial charge in [0, 0.05) is 17.5 Å². The topological polar surface area (TPSA) is 59.1 Å². The average molecular weight is 230 g/mol. The van der Waals surface area contributed by atoms with Crippen LogP contribution < -0.4 is 5.73 Å². The number of aromatic nitrogens is 1. The van der Waals surface area contributed by atoms with Crippen molar-refractivity contribution >= 4 is 10.9 Å². The molecule has 1 unspecified atom stereocenters. The van der Waals surface area contributed by atoms with Gasteiger partial charge in [0.05, 0.1) is 11.1 Å². The van der Waals surface area contributed by atoms with Crippen LogP contribution in [-0.2, 0) is 6.42 Å². The molecule has 1 heterocycles. The third-order valence-electron chi connectivity index (χ3n) is 2.90. The van der Waals surface area contributed by atoms with E-state index in [1.807, 2.05) is 36.4 Å². The number of hydrogen-bond acceptors (Lipinski definition) is 3. The van der Waals surface area contributed by atoms with Crippen LogP contribution in [0.3, 0.4) is 0 Å². The summed E-state index contributed by atoms with van der Waals surface area (Å²) in [5, 5.41) is 11.2. The highest BCUT2D eigenvalue weighted by molar-refractivity contribution is 5.78. The molecule has 1 aromatic carbocycles. The second-order valence-electron chi connectivity index (χ2n) is 4.71. The normalized spacial score (nSPS) is 14.8. The van der Waals surface area contributed by atoms with Gasteiger partial charge in [-0.1, -0.05) is 24.3 Å². The zero-order valence-electron chi connectivity index (χ0n) is 10.1. The summed E-state index contributed by atoms with van der Waals surface area (Å²) in [5.74, 6) is 0. The minimum atomic E-state index is -0.774. The van der Waals surface area contributed by atoms with Crippen molar-refractivity contribution in [1.29, 1.82) is 0 Å². The van der Waals surface area contributed by atoms with Crippen molar-refractivity contribution in [3.8, 4) is 0 Å². The molecule has 0 amide bonds. The molecule has 0 fully saturated rings. The maximum absolute atomic E-state index is 10.1. The molecule has 3 heteroatoms. The third kappa shape index (κ3) is 3.02. The number of nitrogens with two attached hydrogens (primary N) is 1. The van der Waals surface area contributed by atoms with Gasteiger partial charge in [-0.3, -0.25) is 4.98 Å². The van der Waals surface area contributed by atoms with Gasteiger partial charge in [0.2, 0.25) is 0 Å². The Hall–Kier alpha value is -1.45. The molecule has 0 bridgehead atoms. The van der Waals surface area contributed by atoms with Gasteiger partial charge in [-0.05, 0) is 32.0 Å². The fraction of sp³-hybridized carbons (Fsp3) is 0.357. The van der Waals surface area contributed by atoms with Gasteiger partial charge < -0.3 is 10.8 Å². The molecular weight excluding hydrogens is 212 g/mol. The predicted molar refractivity (Wildman–Crippen MR) is 69.7 cm³/mol. The molecule has 3 N–H and O–H groups in total. The fourth-order valence-corrected chi connectivity index (χ4v) is 2.00. The van der Waals surface area contributed by atoms with Crippen molar-refractivity contribution in [3.05, 3.63) is 42.1 Å². The van der Waals surface area contributed by atoms with Gasteiger partial charge in [0.15, 0.2) is 0 Å². The molecule has 90 valence electrons. The van der Waals surface area contributed by atoms with Crippen molar-refractivity contribution in [2.45, 2.75) is 25.4 Å². The van der Waals surface area contributed by atoms with Gasteiger partial charge in [-0.15, -0.1) is 0 Å². The number of rotatable bonds is 4. The van der Waals surface area contributed by atoms with E-state index in [1.54, 1.807) is 6.92 Å². The quantitative estimate of drug-likeness (QED) is 0.843. The van der Waals surface area contributed by atoms with Gasteiger partial charge in [0.25, 0.3) is 0 Å². The van der Waals surface area contributed by atoms with Crippen molar-refractivity contribution < 1.29 is 5.11 Å². The third-order valence-corrected chi connectivity index (χ3v) is 2.90. The SMILES string of the molecule is CC(O)(CCN)Cc1ccc2ccccc2n1. The second kappa shape index (κ2) is 4.82. The van der Waals surface area contributed by atoms with E-state index in [2.05, 4.69) is 4.98 Å². The first-order valence-corrected chi connectivity index (χ1v) is 5.88. The molecule has 3 nitrogen and oxygen atoms in total. The Bertz CT molecular complexity index is 508. The Balaban J connectivity index is 2.25. The molecule has 0 aliphatic heterocycles. The molecule has 1 aromatic heterocycles. The Kier molecular flexibility index (Phi) is 3.41. The minimum Gasteiger partial charge on any atom is -0.390 e. The summed E-state index contributed by atoms with van der Waals surface area (Å²) in [6, 6.07) is 12.0. The van der Waals surface area contributed by atoms with Gasteiger partial charge in [0.1, 0.15) is 0 Å². The van der Waals surface area contributed by atoms with Crippen LogP contribution in [0.4, 0.5) is 0 Å². The highest BCUT2D eigenvalue weighted by Gasteiger charge is 2.20. The molecular formula is C14H18N2O. The molecule has 17 heavy (non-hydrogen) atoms. The second-order valence-corrected chi connectivity index (χ2v) is 4.71. The molecule has 1 atom stereocenters. The minimum absolute atomic E-state index is 0.487. The van der Waals surface area contributed by atoms with Crippen LogP contribution in [0.25, 0.3) is 10.9 Å². The summed E-state index contributed by atoms with van der Waals surface area (Å²) < 4.78 is 0. The lowest BCUT2D eigenvalue weighted by Gasteiger charge is -2.22. The number of hydrogen-bond donors (Lipinski definition) is 2. The van der Waals surface area contributed by atoms with E-state index in [0.717, 1.165) is 16.6 Å². The summed E-state index contributed by atoms with van der Waals surface area (Å²) in [7, 11) is 0. The maximum Gasteiger partial charge on any atom is 0.0705 e. The van der Waals surface area contributed by atoms with Crippen molar-refractivity contribution in [2.75, 3.05) is 6.54 Å². The largest absolute Gasteiger partial charge is 0.390 e.